The van der Waals surface area contributed by atoms with Gasteiger partial charge in [-0.05, 0) is 0 Å². The second-order valence-corrected chi connectivity index (χ2v) is 1.85. The average Bonchev–Trinajstić information content (AvgIpc) is 1.75. The van der Waals surface area contributed by atoms with E-state index in [0.717, 1.165) is 0 Å². The average molecular weight is 175 g/mol. The van der Waals surface area contributed by atoms with Crippen LogP contribution in [0.4, 0.5) is 0 Å². The topological polar surface area (TPSA) is 17.1 Å². The minimum atomic E-state index is 0.167. The second-order valence-electron chi connectivity index (χ2n) is 0.854. The van der Waals surface area contributed by atoms with E-state index >= 15 is 0 Å². The first-order valence-electron chi connectivity index (χ1n) is 2.20. The van der Waals surface area contributed by atoms with Gasteiger partial charge in [0.1, 0.15) is 0 Å². The van der Waals surface area contributed by atoms with Crippen molar-refractivity contribution in [2.75, 3.05) is 0 Å². The molecule has 0 aliphatic rings. The Morgan fingerprint density at radius 2 is 1.75 bits per heavy atom. The zero-order valence-corrected chi connectivity index (χ0v) is 7.82. The van der Waals surface area contributed by atoms with Crippen LogP contribution in [0.1, 0.15) is 6.92 Å². The number of rotatable bonds is 0. The van der Waals surface area contributed by atoms with E-state index in [1.54, 1.807) is 6.92 Å². The fraction of sp³-hybridized carbons (Fsp3) is 0.400. The summed E-state index contributed by atoms with van der Waals surface area (Å²) in [6.07, 6.45) is 2.50. The van der Waals surface area contributed by atoms with Crippen LogP contribution < -0.4 is 0 Å². The van der Waals surface area contributed by atoms with Crippen LogP contribution >= 0.6 is 0 Å². The summed E-state index contributed by atoms with van der Waals surface area (Å²) in [4.78, 5) is 0. The van der Waals surface area contributed by atoms with Crippen LogP contribution in [0.3, 0.4) is 0 Å². The third kappa shape index (κ3) is 2500. The molecule has 3 heteroatoms. The maximum atomic E-state index is 7.94. The van der Waals surface area contributed by atoms with Crippen molar-refractivity contribution in [3.05, 3.63) is 19.2 Å². The van der Waals surface area contributed by atoms with Gasteiger partial charge in [0.05, 0.1) is 0 Å². The molecule has 0 saturated carbocycles. The molecule has 0 aliphatic carbocycles. The van der Waals surface area contributed by atoms with Crippen molar-refractivity contribution >= 4 is 9.52 Å². The zero-order valence-electron chi connectivity index (χ0n) is 5.36. The molecule has 0 aliphatic heterocycles. The third-order valence-corrected chi connectivity index (χ3v) is 0. The predicted molar refractivity (Wildman–Crippen MR) is 35.0 cm³/mol. The van der Waals surface area contributed by atoms with E-state index in [9.17, 15) is 0 Å². The Bertz CT molecular complexity index is 33.6. The van der Waals surface area contributed by atoms with Gasteiger partial charge in [-0.1, -0.05) is 0 Å². The maximum absolute atomic E-state index is 7.94. The molecule has 0 bridgehead atoms. The molecular weight excluding hydrogens is 163 g/mol. The normalized spacial score (nSPS) is 6.00. The Labute approximate surface area is 62.2 Å². The van der Waals surface area contributed by atoms with E-state index < -0.39 is 0 Å². The van der Waals surface area contributed by atoms with Gasteiger partial charge in [0.2, 0.25) is 0 Å². The SMILES string of the molecule is C=[C-]C.[CH2-][SiH2]C.[O]=[Co]. The van der Waals surface area contributed by atoms with E-state index in [1.165, 1.54) is 0 Å². The summed E-state index contributed by atoms with van der Waals surface area (Å²) in [5.74, 6) is 0. The minimum absolute atomic E-state index is 0.167. The Morgan fingerprint density at radius 3 is 1.75 bits per heavy atom. The van der Waals surface area contributed by atoms with Crippen LogP contribution in [0.15, 0.2) is 6.58 Å². The molecule has 0 atom stereocenters. The van der Waals surface area contributed by atoms with Gasteiger partial charge in [-0.2, -0.15) is 6.92 Å². The second kappa shape index (κ2) is 55.6. The molecule has 0 saturated heterocycles. The molecule has 0 unspecified atom stereocenters. The molecule has 8 heavy (non-hydrogen) atoms. The molecule has 0 N–H and O–H groups in total. The molecule has 1 nitrogen and oxygen atoms in total. The quantitative estimate of drug-likeness (QED) is 0.394. The van der Waals surface area contributed by atoms with Crippen LogP contribution in [0.25, 0.3) is 0 Å². The summed E-state index contributed by atoms with van der Waals surface area (Å²) in [6.45, 7) is 10.8. The van der Waals surface area contributed by atoms with Crippen molar-refractivity contribution < 1.29 is 19.5 Å². The summed E-state index contributed by atoms with van der Waals surface area (Å²) >= 11 is 2.31. The molecule has 0 aromatic carbocycles. The van der Waals surface area contributed by atoms with Gasteiger partial charge in [-0.3, -0.25) is 6.58 Å². The van der Waals surface area contributed by atoms with Gasteiger partial charge in [0.25, 0.3) is 0 Å². The standard InChI is InChI=1S/C3H5.C2H7Si.Co.O/c2*1-3-2;;/h1H2,2H3;1,3H2,2H3;;/q2*-1;;. The molecule has 0 aromatic heterocycles. The van der Waals surface area contributed by atoms with Gasteiger partial charge in [-0.25, -0.2) is 0 Å². The van der Waals surface area contributed by atoms with Crippen LogP contribution in [-0.4, -0.2) is 9.52 Å². The Kier molecular flexibility index (Phi) is 109. The fourth-order valence-corrected chi connectivity index (χ4v) is 0. The van der Waals surface area contributed by atoms with Crippen LogP contribution in [0, 0.1) is 12.6 Å². The van der Waals surface area contributed by atoms with Crippen LogP contribution in [0.2, 0.25) is 6.55 Å². The summed E-state index contributed by atoms with van der Waals surface area (Å²) in [5, 5.41) is 0. The van der Waals surface area contributed by atoms with Gasteiger partial charge in [-0.15, -0.1) is 16.1 Å². The van der Waals surface area contributed by atoms with Crippen molar-refractivity contribution in [3.63, 3.8) is 0 Å². The molecular formula is C5H12CoOSi-2. The van der Waals surface area contributed by atoms with Crippen molar-refractivity contribution in [2.45, 2.75) is 13.5 Å². The molecule has 53 valence electrons. The number of allylic oxidation sites excluding steroid dienone is 1. The van der Waals surface area contributed by atoms with Crippen molar-refractivity contribution in [1.29, 1.82) is 0 Å². The Morgan fingerprint density at radius 1 is 1.75 bits per heavy atom. The van der Waals surface area contributed by atoms with Crippen molar-refractivity contribution in [3.8, 4) is 0 Å². The first-order chi connectivity index (χ1) is 3.83. The molecule has 0 radical (unpaired) electrons. The molecule has 0 heterocycles. The zero-order chi connectivity index (χ0) is 7.41. The van der Waals surface area contributed by atoms with Crippen molar-refractivity contribution in [2.24, 2.45) is 0 Å². The summed E-state index contributed by atoms with van der Waals surface area (Å²) in [7, 11) is 0.167. The number of hydrogen-bond acceptors (Lipinski definition) is 1. The Hall–Kier alpha value is 0.263. The molecule has 0 amide bonds. The van der Waals surface area contributed by atoms with E-state index in [0.29, 0.717) is 0 Å². The van der Waals surface area contributed by atoms with Gasteiger partial charge in [0.15, 0.2) is 0 Å². The van der Waals surface area contributed by atoms with E-state index in [-0.39, 0.29) is 9.52 Å². The van der Waals surface area contributed by atoms with Gasteiger partial charge in [0, 0.05) is 0 Å². The molecule has 0 aromatic rings. The van der Waals surface area contributed by atoms with Crippen LogP contribution in [0.5, 0.6) is 0 Å². The van der Waals surface area contributed by atoms with Gasteiger partial charge < -0.3 is 12.6 Å². The van der Waals surface area contributed by atoms with Crippen molar-refractivity contribution in [1.82, 2.24) is 0 Å². The molecule has 0 spiro atoms. The first kappa shape index (κ1) is 15.7. The van der Waals surface area contributed by atoms with E-state index in [1.807, 2.05) is 0 Å². The fourth-order valence-electron chi connectivity index (χ4n) is 0. The summed E-state index contributed by atoms with van der Waals surface area (Å²) in [5.41, 5.74) is 0. The predicted octanol–water partition coefficient (Wildman–Crippen LogP) is 0.869. The first-order valence-corrected chi connectivity index (χ1v) is 5.04. The van der Waals surface area contributed by atoms with Crippen LogP contribution in [-0.2, 0) is 19.5 Å². The summed E-state index contributed by atoms with van der Waals surface area (Å²) < 4.78 is 7.94. The summed E-state index contributed by atoms with van der Waals surface area (Å²) in [6, 6.07) is 0. The number of hydrogen-bond donors (Lipinski definition) is 0. The molecule has 0 rings (SSSR count). The molecule has 0 fully saturated rings. The van der Waals surface area contributed by atoms with E-state index in [4.69, 9.17) is 3.87 Å². The van der Waals surface area contributed by atoms with E-state index in [2.05, 4.69) is 41.4 Å². The van der Waals surface area contributed by atoms with Gasteiger partial charge >= 0.3 is 19.5 Å². The Balaban J connectivity index is -0.0000000483. The third-order valence-electron chi connectivity index (χ3n) is 0. The monoisotopic (exact) mass is 175 g/mol.